The van der Waals surface area contributed by atoms with Crippen LogP contribution in [0.1, 0.15) is 19.4 Å². The second-order valence-corrected chi connectivity index (χ2v) is 5.24. The van der Waals surface area contributed by atoms with Gasteiger partial charge < -0.3 is 15.1 Å². The molecule has 0 unspecified atom stereocenters. The first-order valence-electron chi connectivity index (χ1n) is 7.15. The summed E-state index contributed by atoms with van der Waals surface area (Å²) in [6.45, 7) is 5.92. The van der Waals surface area contributed by atoms with Gasteiger partial charge in [-0.05, 0) is 50.2 Å². The summed E-state index contributed by atoms with van der Waals surface area (Å²) in [7, 11) is 0. The van der Waals surface area contributed by atoms with E-state index in [1.807, 2.05) is 12.1 Å². The number of hydrogen-bond acceptors (Lipinski definition) is 4. The Balaban J connectivity index is 2.34. The molecule has 116 valence electrons. The quantitative estimate of drug-likeness (QED) is 0.806. The number of halogens is 1. The molecule has 22 heavy (non-hydrogen) atoms. The van der Waals surface area contributed by atoms with Crippen molar-refractivity contribution in [2.45, 2.75) is 13.8 Å². The van der Waals surface area contributed by atoms with E-state index in [0.29, 0.717) is 16.3 Å². The number of aromatic hydroxyl groups is 2. The lowest BCUT2D eigenvalue weighted by Crippen LogP contribution is -2.21. The highest BCUT2D eigenvalue weighted by Crippen LogP contribution is 2.30. The Morgan fingerprint density at radius 3 is 2.41 bits per heavy atom. The Bertz CT molecular complexity index is 682. The highest BCUT2D eigenvalue weighted by Gasteiger charge is 2.06. The van der Waals surface area contributed by atoms with Crippen molar-refractivity contribution in [2.24, 2.45) is 4.99 Å². The fourth-order valence-electron chi connectivity index (χ4n) is 2.17. The molecule has 2 rings (SSSR count). The molecule has 0 saturated carbocycles. The van der Waals surface area contributed by atoms with Crippen molar-refractivity contribution in [3.8, 4) is 11.5 Å². The van der Waals surface area contributed by atoms with Crippen LogP contribution >= 0.6 is 11.6 Å². The maximum atomic E-state index is 9.97. The van der Waals surface area contributed by atoms with Gasteiger partial charge in [-0.1, -0.05) is 11.6 Å². The largest absolute Gasteiger partial charge is 0.507 e. The van der Waals surface area contributed by atoms with Crippen LogP contribution in [0.5, 0.6) is 11.5 Å². The van der Waals surface area contributed by atoms with Crippen molar-refractivity contribution in [2.75, 3.05) is 18.0 Å². The second kappa shape index (κ2) is 7.18. The second-order valence-electron chi connectivity index (χ2n) is 4.81. The van der Waals surface area contributed by atoms with Gasteiger partial charge in [0.1, 0.15) is 17.2 Å². The molecule has 0 aromatic heterocycles. The molecule has 0 atom stereocenters. The van der Waals surface area contributed by atoms with Crippen LogP contribution in [-0.4, -0.2) is 29.5 Å². The molecule has 0 amide bonds. The van der Waals surface area contributed by atoms with Gasteiger partial charge in [0.05, 0.1) is 0 Å². The van der Waals surface area contributed by atoms with Crippen LogP contribution in [0.4, 0.5) is 11.4 Å². The van der Waals surface area contributed by atoms with Gasteiger partial charge in [-0.15, -0.1) is 0 Å². The van der Waals surface area contributed by atoms with Gasteiger partial charge in [0.2, 0.25) is 0 Å². The third-order valence-corrected chi connectivity index (χ3v) is 3.65. The summed E-state index contributed by atoms with van der Waals surface area (Å²) >= 11 is 5.89. The van der Waals surface area contributed by atoms with Crippen molar-refractivity contribution in [3.05, 3.63) is 47.0 Å². The molecule has 0 saturated heterocycles. The lowest BCUT2D eigenvalue weighted by atomic mass is 10.1. The van der Waals surface area contributed by atoms with Crippen molar-refractivity contribution >= 4 is 29.2 Å². The number of nitrogens with zero attached hydrogens (tertiary/aromatic N) is 2. The fourth-order valence-corrected chi connectivity index (χ4v) is 2.34. The van der Waals surface area contributed by atoms with Crippen molar-refractivity contribution in [1.82, 2.24) is 0 Å². The van der Waals surface area contributed by atoms with E-state index >= 15 is 0 Å². The first-order valence-corrected chi connectivity index (χ1v) is 7.53. The molecule has 0 bridgehead atoms. The SMILES string of the molecule is CCN(CC)c1ccc(O)c(C=Nc2cc(Cl)ccc2O)c1. The Morgan fingerprint density at radius 1 is 1.05 bits per heavy atom. The van der Waals surface area contributed by atoms with E-state index in [1.165, 1.54) is 12.3 Å². The average molecular weight is 319 g/mol. The van der Waals surface area contributed by atoms with Gasteiger partial charge in [-0.3, -0.25) is 4.99 Å². The standard InChI is InChI=1S/C17H19ClN2O2/c1-3-20(4-2)14-6-8-16(21)12(9-14)11-19-15-10-13(18)5-7-17(15)22/h5-11,21-22H,3-4H2,1-2H3. The zero-order valence-electron chi connectivity index (χ0n) is 12.6. The third kappa shape index (κ3) is 3.71. The maximum absolute atomic E-state index is 9.97. The van der Waals surface area contributed by atoms with E-state index < -0.39 is 0 Å². The van der Waals surface area contributed by atoms with E-state index in [9.17, 15) is 10.2 Å². The average Bonchev–Trinajstić information content (AvgIpc) is 2.51. The number of hydrogen-bond donors (Lipinski definition) is 2. The summed E-state index contributed by atoms with van der Waals surface area (Å²) in [5.41, 5.74) is 1.96. The topological polar surface area (TPSA) is 56.1 Å². The van der Waals surface area contributed by atoms with Gasteiger partial charge in [-0.2, -0.15) is 0 Å². The van der Waals surface area contributed by atoms with Gasteiger partial charge in [-0.25, -0.2) is 0 Å². The van der Waals surface area contributed by atoms with E-state index in [4.69, 9.17) is 11.6 Å². The molecule has 5 heteroatoms. The summed E-state index contributed by atoms with van der Waals surface area (Å²) in [6.07, 6.45) is 1.52. The van der Waals surface area contributed by atoms with Gasteiger partial charge in [0.15, 0.2) is 0 Å². The van der Waals surface area contributed by atoms with E-state index in [0.717, 1.165) is 18.8 Å². The molecule has 0 heterocycles. The highest BCUT2D eigenvalue weighted by atomic mass is 35.5. The monoisotopic (exact) mass is 318 g/mol. The first-order chi connectivity index (χ1) is 10.5. The van der Waals surface area contributed by atoms with E-state index in [2.05, 4.69) is 23.7 Å². The number of phenolic OH excluding ortho intramolecular Hbond substituents is 2. The summed E-state index contributed by atoms with van der Waals surface area (Å²) in [4.78, 5) is 6.39. The summed E-state index contributed by atoms with van der Waals surface area (Å²) in [6, 6.07) is 10.0. The minimum atomic E-state index is 0.0417. The van der Waals surface area contributed by atoms with Crippen LogP contribution in [0.15, 0.2) is 41.4 Å². The molecule has 4 nitrogen and oxygen atoms in total. The number of phenols is 2. The summed E-state index contributed by atoms with van der Waals surface area (Å²) in [5.74, 6) is 0.182. The molecule has 0 spiro atoms. The first kappa shape index (κ1) is 16.2. The summed E-state index contributed by atoms with van der Waals surface area (Å²) < 4.78 is 0. The molecule has 0 aliphatic rings. The van der Waals surface area contributed by atoms with Crippen LogP contribution < -0.4 is 4.90 Å². The number of aliphatic imine (C=N–C) groups is 1. The minimum Gasteiger partial charge on any atom is -0.507 e. The van der Waals surface area contributed by atoms with Crippen LogP contribution in [0.2, 0.25) is 5.02 Å². The molecule has 0 fully saturated rings. The molecule has 2 aromatic carbocycles. The zero-order valence-corrected chi connectivity index (χ0v) is 13.4. The lowest BCUT2D eigenvalue weighted by molar-refractivity contribution is 0.474. The van der Waals surface area contributed by atoms with E-state index in [-0.39, 0.29) is 11.5 Å². The zero-order chi connectivity index (χ0) is 16.1. The van der Waals surface area contributed by atoms with Crippen LogP contribution in [0.3, 0.4) is 0 Å². The number of benzene rings is 2. The van der Waals surface area contributed by atoms with E-state index in [1.54, 1.807) is 18.2 Å². The predicted octanol–water partition coefficient (Wildman–Crippen LogP) is 4.35. The molecule has 0 radical (unpaired) electrons. The van der Waals surface area contributed by atoms with Gasteiger partial charge in [0.25, 0.3) is 0 Å². The number of rotatable bonds is 5. The molecule has 0 aliphatic heterocycles. The Morgan fingerprint density at radius 2 is 1.73 bits per heavy atom. The maximum Gasteiger partial charge on any atom is 0.141 e. The van der Waals surface area contributed by atoms with Crippen LogP contribution in [0, 0.1) is 0 Å². The molecule has 0 aliphatic carbocycles. The smallest absolute Gasteiger partial charge is 0.141 e. The summed E-state index contributed by atoms with van der Waals surface area (Å²) in [5, 5.41) is 20.2. The Kier molecular flexibility index (Phi) is 5.28. The fraction of sp³-hybridized carbons (Fsp3) is 0.235. The Hall–Kier alpha value is -2.20. The third-order valence-electron chi connectivity index (χ3n) is 3.42. The number of anilines is 1. The lowest BCUT2D eigenvalue weighted by Gasteiger charge is -2.21. The minimum absolute atomic E-state index is 0.0417. The molecule has 2 N–H and O–H groups in total. The van der Waals surface area contributed by atoms with Crippen LogP contribution in [-0.2, 0) is 0 Å². The molecular weight excluding hydrogens is 300 g/mol. The normalized spacial score (nSPS) is 11.0. The van der Waals surface area contributed by atoms with Crippen molar-refractivity contribution in [1.29, 1.82) is 0 Å². The van der Waals surface area contributed by atoms with Gasteiger partial charge >= 0.3 is 0 Å². The van der Waals surface area contributed by atoms with Crippen molar-refractivity contribution in [3.63, 3.8) is 0 Å². The molecular formula is C17H19ClN2O2. The predicted molar refractivity (Wildman–Crippen MR) is 92.0 cm³/mol. The van der Waals surface area contributed by atoms with Crippen LogP contribution in [0.25, 0.3) is 0 Å². The van der Waals surface area contributed by atoms with Gasteiger partial charge in [0, 0.05) is 35.6 Å². The van der Waals surface area contributed by atoms with Crippen molar-refractivity contribution < 1.29 is 10.2 Å². The highest BCUT2D eigenvalue weighted by molar-refractivity contribution is 6.30. The molecule has 2 aromatic rings. The Labute approximate surface area is 135 Å².